The number of benzene rings is 3. The number of esters is 2. The monoisotopic (exact) mass is 1580 g/mol. The first kappa shape index (κ1) is 93.2. The molecular formula is C76H63BBrCaCl2F3N11O10P. The number of nitrogens with zero attached hydrogens (tertiary/aromatic N) is 9. The number of aryl methyl sites for hydroxylation is 3. The Morgan fingerprint density at radius 2 is 0.943 bits per heavy atom. The van der Waals surface area contributed by atoms with Crippen LogP contribution in [0.2, 0.25) is 0 Å². The van der Waals surface area contributed by atoms with Gasteiger partial charge in [-0.05, 0) is 210 Å². The van der Waals surface area contributed by atoms with E-state index in [-0.39, 0.29) is 138 Å². The number of halogens is 6. The van der Waals surface area contributed by atoms with Crippen molar-refractivity contribution < 1.29 is 86.1 Å². The number of hydrogen-bond donors (Lipinski definition) is 4. The Kier molecular flexibility index (Phi) is 44.5. The van der Waals surface area contributed by atoms with Crippen molar-refractivity contribution in [1.29, 1.82) is 15.8 Å². The van der Waals surface area contributed by atoms with E-state index in [1.807, 2.05) is 0 Å². The van der Waals surface area contributed by atoms with Crippen LogP contribution in [0.1, 0.15) is 121 Å². The number of ether oxygens (including phenoxy) is 5. The SMILES string of the molecule is C.C#CC#CC#CC#CC#CC#CC#CC#CC#CC#CC#CC.CCOC(=O)c1nn2c(c1-c1ccc(C#N)c(F)c1)OCCC2.CCOC(=O)c1nn2c(c1Br)OCCC2.N#Cc1ccc(-c2c(C(=O)NC3CC3)nn3c2OCCC3)cc1F.N#Cc1ccc(B(O)O)cc1F.NC1CC1.P.[Ca+2].[Cl-].[Cl-]. The van der Waals surface area contributed by atoms with Crippen molar-refractivity contribution in [2.45, 2.75) is 105 Å². The standard InChI is InChI=1S/C23H4.C17H15FN4O2.C16H14FN3O3.C9H11BrN2O3.C7H5BFNO2.C3H7N.CH4.Ca.2ClH.H3P/c1-3-5-7-9-11-13-15-17-19-21-23-22-20-18-16-14-12-10-8-6-4-2;18-13-8-10(2-3-11(13)9-19)14-15(16(23)20-12-4-5-12)21-22-6-1-7-24-17(14)22;1-2-22-16(21)14-13(15-20(19-14)6-3-7-23-15)10-4-5-11(9-18)12(17)8-10;1-2-14-9(13)7-6(10)8-12(11-7)4-3-5-15-8;9-7-3-6(8(11)12)2-1-5(7)4-10;4-3-1-2-3;;;;;/h1H,2H3;2-3,8,12H,1,4-7H2,(H,20,23);4-5,8H,2-3,6-7H2,1H3;2-5H2,1H3;1-3,11-12H;3H,1-2,4H2;1H4;;2*1H;1H3/q;;;;;;;+2;;;/p-2. The second-order valence-corrected chi connectivity index (χ2v) is 21.2. The largest absolute Gasteiger partial charge is 2.00 e. The van der Waals surface area contributed by atoms with Gasteiger partial charge in [-0.25, -0.2) is 36.8 Å². The second-order valence-electron chi connectivity index (χ2n) is 20.4. The zero-order valence-corrected chi connectivity index (χ0v) is 63.3. The van der Waals surface area contributed by atoms with E-state index in [4.69, 9.17) is 61.7 Å². The van der Waals surface area contributed by atoms with E-state index < -0.39 is 36.5 Å². The molecule has 0 saturated heterocycles. The molecule has 0 radical (unpaired) electrons. The topological polar surface area (TPSA) is 301 Å². The summed E-state index contributed by atoms with van der Waals surface area (Å²) in [7, 11) is -1.70. The summed E-state index contributed by atoms with van der Waals surface area (Å²) in [4.78, 5) is 36.2. The predicted octanol–water partition coefficient (Wildman–Crippen LogP) is 0.840. The number of nitrogens with two attached hydrogens (primary N) is 1. The smallest absolute Gasteiger partial charge is 1.00 e. The van der Waals surface area contributed by atoms with Crippen LogP contribution < -0.4 is 55.5 Å². The number of amides is 1. The molecule has 534 valence electrons. The quantitative estimate of drug-likeness (QED) is 0.0675. The summed E-state index contributed by atoms with van der Waals surface area (Å²) in [6.45, 7) is 9.43. The average Bonchev–Trinajstić information content (AvgIpc) is 1.62. The third-order valence-corrected chi connectivity index (χ3v) is 13.8. The summed E-state index contributed by atoms with van der Waals surface area (Å²) < 4.78 is 72.9. The fourth-order valence-electron chi connectivity index (χ4n) is 8.22. The minimum Gasteiger partial charge on any atom is -1.00 e. The van der Waals surface area contributed by atoms with Gasteiger partial charge < -0.3 is 69.6 Å². The van der Waals surface area contributed by atoms with Crippen molar-refractivity contribution >= 4 is 94.0 Å². The third-order valence-electron chi connectivity index (χ3n) is 13.1. The molecule has 2 fully saturated rings. The van der Waals surface area contributed by atoms with Gasteiger partial charge in [-0.1, -0.05) is 31.5 Å². The van der Waals surface area contributed by atoms with Gasteiger partial charge in [0.25, 0.3) is 5.91 Å². The van der Waals surface area contributed by atoms with Gasteiger partial charge in [-0.3, -0.25) is 4.79 Å². The Balaban J connectivity index is 0.000000656. The van der Waals surface area contributed by atoms with Gasteiger partial charge in [0, 0.05) is 74.7 Å². The van der Waals surface area contributed by atoms with Crippen molar-refractivity contribution in [3.8, 4) is 189 Å². The van der Waals surface area contributed by atoms with Crippen LogP contribution in [0.5, 0.6) is 17.6 Å². The summed E-state index contributed by atoms with van der Waals surface area (Å²) in [5, 5.41) is 59.0. The number of fused-ring (bicyclic) bond motifs is 3. The van der Waals surface area contributed by atoms with Crippen LogP contribution in [-0.4, -0.2) is 147 Å². The maximum atomic E-state index is 14.0. The Hall–Kier alpha value is -10.8. The van der Waals surface area contributed by atoms with Crippen LogP contribution >= 0.6 is 25.8 Å². The first-order chi connectivity index (χ1) is 49.0. The normalized spacial score (nSPS) is 11.3. The average molecular weight is 1580 g/mol. The molecule has 106 heavy (non-hydrogen) atoms. The van der Waals surface area contributed by atoms with Gasteiger partial charge in [-0.2, -0.15) is 41.0 Å². The molecule has 21 nitrogen and oxygen atoms in total. The fourth-order valence-corrected chi connectivity index (χ4v) is 8.78. The number of carbonyl (C=O) groups excluding carboxylic acids is 3. The van der Waals surface area contributed by atoms with Crippen molar-refractivity contribution in [3.63, 3.8) is 0 Å². The van der Waals surface area contributed by atoms with Crippen LogP contribution in [0.4, 0.5) is 13.2 Å². The molecule has 3 aromatic heterocycles. The molecule has 1 atom stereocenters. The maximum absolute atomic E-state index is 14.0. The van der Waals surface area contributed by atoms with E-state index in [0.29, 0.717) is 89.9 Å². The van der Waals surface area contributed by atoms with E-state index in [1.54, 1.807) is 65.2 Å². The molecule has 1 unspecified atom stereocenters. The summed E-state index contributed by atoms with van der Waals surface area (Å²) in [6, 6.07) is 17.8. The van der Waals surface area contributed by atoms with Gasteiger partial charge in [0.15, 0.2) is 17.1 Å². The Morgan fingerprint density at radius 1 is 0.594 bits per heavy atom. The molecule has 2 aliphatic carbocycles. The first-order valence-corrected chi connectivity index (χ1v) is 31.4. The molecule has 2 saturated carbocycles. The molecule has 0 bridgehead atoms. The van der Waals surface area contributed by atoms with E-state index in [9.17, 15) is 27.6 Å². The van der Waals surface area contributed by atoms with Crippen molar-refractivity contribution in [2.75, 3.05) is 33.0 Å². The molecule has 0 spiro atoms. The van der Waals surface area contributed by atoms with Crippen molar-refractivity contribution in [1.82, 2.24) is 34.7 Å². The number of terminal acetylenes is 1. The van der Waals surface area contributed by atoms with E-state index in [2.05, 4.69) is 161 Å². The van der Waals surface area contributed by atoms with Crippen LogP contribution in [0.25, 0.3) is 22.3 Å². The molecular weight excluding hydrogens is 1520 g/mol. The van der Waals surface area contributed by atoms with E-state index >= 15 is 0 Å². The van der Waals surface area contributed by atoms with Gasteiger partial charge in [-0.15, -0.1) is 6.42 Å². The Labute approximate surface area is 668 Å². The third kappa shape index (κ3) is 29.8. The predicted molar refractivity (Wildman–Crippen MR) is 391 cm³/mol. The minimum atomic E-state index is -1.70. The van der Waals surface area contributed by atoms with Crippen molar-refractivity contribution in [3.05, 3.63) is 110 Å². The summed E-state index contributed by atoms with van der Waals surface area (Å²) in [5.74, 6) is 50.1. The molecule has 11 rings (SSSR count). The molecule has 6 aromatic rings. The molecule has 3 aliphatic heterocycles. The summed E-state index contributed by atoms with van der Waals surface area (Å²) in [6.07, 6.45) is 11.9. The van der Waals surface area contributed by atoms with Crippen LogP contribution in [-0.2, 0) is 29.1 Å². The number of rotatable bonds is 9. The van der Waals surface area contributed by atoms with E-state index in [0.717, 1.165) is 44.7 Å². The summed E-state index contributed by atoms with van der Waals surface area (Å²) in [5.41, 5.74) is 7.44. The Bertz CT molecular complexity index is 5010. The molecule has 5 aliphatic rings. The zero-order chi connectivity index (χ0) is 72.9. The second kappa shape index (κ2) is 50.6. The number of aromatic nitrogens is 6. The molecule has 5 N–H and O–H groups in total. The van der Waals surface area contributed by atoms with Gasteiger partial charge in [0.1, 0.15) is 40.1 Å². The van der Waals surface area contributed by atoms with Gasteiger partial charge in [0.05, 0.1) is 60.9 Å². The molecule has 30 heteroatoms. The van der Waals surface area contributed by atoms with Crippen LogP contribution in [0.3, 0.4) is 0 Å². The van der Waals surface area contributed by atoms with Crippen LogP contribution in [0, 0.1) is 182 Å². The number of hydrogen-bond acceptors (Lipinski definition) is 17. The number of carbonyl (C=O) groups is 3. The number of nitrogens with one attached hydrogen (secondary N) is 1. The van der Waals surface area contributed by atoms with Crippen LogP contribution in [0.15, 0.2) is 59.1 Å². The number of nitriles is 3. The molecule has 6 heterocycles. The molecule has 3 aromatic carbocycles. The minimum absolute atomic E-state index is 0. The zero-order valence-electron chi connectivity index (χ0n) is 56.6. The Morgan fingerprint density at radius 3 is 1.29 bits per heavy atom. The maximum Gasteiger partial charge on any atom is 2.00 e. The fraction of sp³-hybridized carbons (Fsp3) is 0.276. The summed E-state index contributed by atoms with van der Waals surface area (Å²) >= 11 is 3.30. The first-order valence-electron chi connectivity index (χ1n) is 30.6. The van der Waals surface area contributed by atoms with E-state index in [1.165, 1.54) is 49.2 Å². The molecule has 1 amide bonds. The van der Waals surface area contributed by atoms with Gasteiger partial charge >= 0.3 is 56.8 Å². The van der Waals surface area contributed by atoms with Crippen molar-refractivity contribution in [2.24, 2.45) is 5.73 Å². The van der Waals surface area contributed by atoms with Gasteiger partial charge in [0.2, 0.25) is 17.6 Å².